The molecule has 0 radical (unpaired) electrons. The van der Waals surface area contributed by atoms with Gasteiger partial charge in [-0.2, -0.15) is 0 Å². The second-order valence-electron chi connectivity index (χ2n) is 9.15. The van der Waals surface area contributed by atoms with E-state index >= 15 is 0 Å². The molecule has 0 aliphatic heterocycles. The summed E-state index contributed by atoms with van der Waals surface area (Å²) in [5.74, 6) is 0.349. The van der Waals surface area contributed by atoms with Gasteiger partial charge in [-0.05, 0) is 72.8 Å². The summed E-state index contributed by atoms with van der Waals surface area (Å²) in [6.07, 6.45) is 1.51. The van der Waals surface area contributed by atoms with Gasteiger partial charge in [0, 0.05) is 37.9 Å². The maximum absolute atomic E-state index is 13.5. The Hall–Kier alpha value is -4.74. The van der Waals surface area contributed by atoms with E-state index in [1.165, 1.54) is 39.2 Å². The van der Waals surface area contributed by atoms with Crippen LogP contribution < -0.4 is 30.2 Å². The molecular formula is C33H30BrN3O6S. The van der Waals surface area contributed by atoms with Gasteiger partial charge in [-0.15, -0.1) is 11.8 Å². The Labute approximate surface area is 268 Å². The fraction of sp³-hybridized carbons (Fsp3) is 0.121. The van der Waals surface area contributed by atoms with Crippen LogP contribution in [0.25, 0.3) is 6.08 Å². The summed E-state index contributed by atoms with van der Waals surface area (Å²) in [7, 11) is 4.50. The number of amides is 3. The maximum atomic E-state index is 13.5. The van der Waals surface area contributed by atoms with Crippen LogP contribution in [0, 0.1) is 0 Å². The van der Waals surface area contributed by atoms with Crippen molar-refractivity contribution in [3.05, 3.63) is 112 Å². The van der Waals surface area contributed by atoms with E-state index in [0.717, 1.165) is 9.37 Å². The van der Waals surface area contributed by atoms with Gasteiger partial charge in [0.05, 0.1) is 27.1 Å². The number of ether oxygens (including phenoxy) is 3. The van der Waals surface area contributed by atoms with Crippen molar-refractivity contribution in [3.8, 4) is 17.2 Å². The van der Waals surface area contributed by atoms with E-state index in [1.807, 2.05) is 24.3 Å². The van der Waals surface area contributed by atoms with Crippen LogP contribution in [0.5, 0.6) is 17.2 Å². The second-order valence-corrected chi connectivity index (χ2v) is 11.1. The third-order valence-corrected chi connectivity index (χ3v) is 7.72. The van der Waals surface area contributed by atoms with E-state index in [1.54, 1.807) is 66.7 Å². The number of thioether (sulfide) groups is 1. The summed E-state index contributed by atoms with van der Waals surface area (Å²) in [5.41, 5.74) is 2.06. The lowest BCUT2D eigenvalue weighted by Crippen LogP contribution is -2.30. The van der Waals surface area contributed by atoms with Crippen LogP contribution in [0.2, 0.25) is 0 Å². The smallest absolute Gasteiger partial charge is 0.272 e. The Kier molecular flexibility index (Phi) is 11.4. The zero-order chi connectivity index (χ0) is 31.5. The van der Waals surface area contributed by atoms with Crippen LogP contribution >= 0.6 is 27.7 Å². The fourth-order valence-corrected chi connectivity index (χ4v) is 4.94. The first kappa shape index (κ1) is 32.2. The van der Waals surface area contributed by atoms with Crippen LogP contribution in [0.4, 0.5) is 11.4 Å². The number of halogens is 1. The minimum Gasteiger partial charge on any atom is -0.496 e. The summed E-state index contributed by atoms with van der Waals surface area (Å²) in [6.45, 7) is 0. The monoisotopic (exact) mass is 675 g/mol. The quantitative estimate of drug-likeness (QED) is 0.114. The highest BCUT2D eigenvalue weighted by Gasteiger charge is 2.18. The minimum absolute atomic E-state index is 0.0209. The van der Waals surface area contributed by atoms with Crippen molar-refractivity contribution in [2.75, 3.05) is 37.7 Å². The van der Waals surface area contributed by atoms with Gasteiger partial charge in [0.1, 0.15) is 11.4 Å². The number of benzene rings is 4. The number of anilines is 2. The Morgan fingerprint density at radius 2 is 1.34 bits per heavy atom. The lowest BCUT2D eigenvalue weighted by atomic mass is 10.1. The average molecular weight is 677 g/mol. The first-order valence-corrected chi connectivity index (χ1v) is 15.0. The largest absolute Gasteiger partial charge is 0.496 e. The van der Waals surface area contributed by atoms with E-state index in [0.29, 0.717) is 39.8 Å². The van der Waals surface area contributed by atoms with Crippen molar-refractivity contribution in [3.63, 3.8) is 0 Å². The van der Waals surface area contributed by atoms with Gasteiger partial charge in [-0.1, -0.05) is 34.1 Å². The predicted octanol–water partition coefficient (Wildman–Crippen LogP) is 6.62. The number of hydrogen-bond acceptors (Lipinski definition) is 7. The van der Waals surface area contributed by atoms with E-state index in [2.05, 4.69) is 31.9 Å². The van der Waals surface area contributed by atoms with E-state index in [4.69, 9.17) is 14.2 Å². The van der Waals surface area contributed by atoms with E-state index in [-0.39, 0.29) is 17.4 Å². The Morgan fingerprint density at radius 3 is 1.98 bits per heavy atom. The van der Waals surface area contributed by atoms with E-state index < -0.39 is 11.8 Å². The Morgan fingerprint density at radius 1 is 0.750 bits per heavy atom. The van der Waals surface area contributed by atoms with Crippen LogP contribution in [0.1, 0.15) is 15.9 Å². The van der Waals surface area contributed by atoms with Crippen LogP contribution in [-0.4, -0.2) is 44.8 Å². The molecule has 0 saturated heterocycles. The van der Waals surface area contributed by atoms with Crippen LogP contribution in [-0.2, 0) is 9.59 Å². The number of methoxy groups -OCH3 is 3. The first-order valence-electron chi connectivity index (χ1n) is 13.3. The average Bonchev–Trinajstić information content (AvgIpc) is 3.05. The number of rotatable bonds is 12. The van der Waals surface area contributed by atoms with Crippen LogP contribution in [0.15, 0.2) is 106 Å². The third-order valence-electron chi connectivity index (χ3n) is 6.17. The fourth-order valence-electron chi connectivity index (χ4n) is 3.98. The van der Waals surface area contributed by atoms with Gasteiger partial charge in [0.2, 0.25) is 5.91 Å². The second kappa shape index (κ2) is 15.6. The molecule has 0 fully saturated rings. The summed E-state index contributed by atoms with van der Waals surface area (Å²) in [5, 5.41) is 8.40. The van der Waals surface area contributed by atoms with Crippen molar-refractivity contribution in [1.82, 2.24) is 5.32 Å². The molecule has 4 aromatic rings. The van der Waals surface area contributed by atoms with Gasteiger partial charge >= 0.3 is 0 Å². The third kappa shape index (κ3) is 8.88. The van der Waals surface area contributed by atoms with Crippen LogP contribution in [0.3, 0.4) is 0 Å². The molecule has 0 aromatic heterocycles. The predicted molar refractivity (Wildman–Crippen MR) is 177 cm³/mol. The van der Waals surface area contributed by atoms with Gasteiger partial charge in [-0.3, -0.25) is 14.4 Å². The van der Waals surface area contributed by atoms with Gasteiger partial charge in [0.15, 0.2) is 11.5 Å². The molecule has 3 amide bonds. The molecule has 11 heteroatoms. The summed E-state index contributed by atoms with van der Waals surface area (Å²) >= 11 is 4.74. The molecule has 9 nitrogen and oxygen atoms in total. The van der Waals surface area contributed by atoms with Crippen molar-refractivity contribution < 1.29 is 28.6 Å². The zero-order valence-corrected chi connectivity index (χ0v) is 26.6. The summed E-state index contributed by atoms with van der Waals surface area (Å²) < 4.78 is 17.2. The molecule has 0 atom stereocenters. The molecule has 0 spiro atoms. The molecule has 4 aromatic carbocycles. The lowest BCUT2D eigenvalue weighted by molar-refractivity contribution is -0.114. The van der Waals surface area contributed by atoms with Crippen molar-refractivity contribution >= 4 is 62.9 Å². The lowest BCUT2D eigenvalue weighted by Gasteiger charge is -2.15. The van der Waals surface area contributed by atoms with E-state index in [9.17, 15) is 14.4 Å². The highest BCUT2D eigenvalue weighted by molar-refractivity contribution is 9.10. The number of hydrogen-bond donors (Lipinski definition) is 3. The Bertz CT molecular complexity index is 1650. The highest BCUT2D eigenvalue weighted by atomic mass is 79.9. The van der Waals surface area contributed by atoms with Crippen molar-refractivity contribution in [2.24, 2.45) is 0 Å². The van der Waals surface area contributed by atoms with Gasteiger partial charge in [0.25, 0.3) is 11.8 Å². The zero-order valence-electron chi connectivity index (χ0n) is 24.2. The van der Waals surface area contributed by atoms with Gasteiger partial charge in [-0.25, -0.2) is 0 Å². The minimum atomic E-state index is -0.555. The van der Waals surface area contributed by atoms with Crippen molar-refractivity contribution in [2.45, 2.75) is 4.90 Å². The summed E-state index contributed by atoms with van der Waals surface area (Å²) in [4.78, 5) is 39.7. The Balaban J connectivity index is 1.50. The van der Waals surface area contributed by atoms with Gasteiger partial charge < -0.3 is 30.2 Å². The topological polar surface area (TPSA) is 115 Å². The molecule has 0 unspecified atom stereocenters. The molecule has 0 heterocycles. The molecule has 0 aliphatic rings. The summed E-state index contributed by atoms with van der Waals surface area (Å²) in [6, 6.07) is 26.2. The number of carbonyl (C=O) groups is 3. The molecule has 4 rings (SSSR count). The maximum Gasteiger partial charge on any atom is 0.272 e. The highest BCUT2D eigenvalue weighted by Crippen LogP contribution is 2.35. The van der Waals surface area contributed by atoms with Crippen molar-refractivity contribution in [1.29, 1.82) is 0 Å². The first-order chi connectivity index (χ1) is 21.3. The molecule has 0 saturated carbocycles. The molecule has 0 bridgehead atoms. The standard InChI is InChI=1S/C33H30BrN3O6S/c1-41-28-19-30(43-3)29(42-2)18-22(28)17-27(37-32(39)21-7-5-4-6-8-21)33(40)36-25-13-15-26(16-14-25)44-20-31(38)35-24-11-9-23(34)10-12-24/h4-19H,20H2,1-3H3,(H,35,38)(H,36,40)(H,37,39)/b27-17-. The molecule has 3 N–H and O–H groups in total. The SMILES string of the molecule is COc1cc(OC)c(OC)cc1/C=C(\NC(=O)c1ccccc1)C(=O)Nc1ccc(SCC(=O)Nc2ccc(Br)cc2)cc1. The molecule has 44 heavy (non-hydrogen) atoms. The molecular weight excluding hydrogens is 646 g/mol. The molecule has 0 aliphatic carbocycles. The number of carbonyl (C=O) groups excluding carboxylic acids is 3. The molecule has 226 valence electrons. The number of nitrogens with one attached hydrogen (secondary N) is 3. The normalized spacial score (nSPS) is 10.9.